The van der Waals surface area contributed by atoms with Crippen LogP contribution in [0.3, 0.4) is 0 Å². The predicted octanol–water partition coefficient (Wildman–Crippen LogP) is 3.84. The predicted molar refractivity (Wildman–Crippen MR) is 79.5 cm³/mol. The Morgan fingerprint density at radius 1 is 1.56 bits per heavy atom. The minimum Gasteiger partial charge on any atom is -0.308 e. The van der Waals surface area contributed by atoms with Gasteiger partial charge in [0.25, 0.3) is 0 Å². The van der Waals surface area contributed by atoms with Gasteiger partial charge in [-0.1, -0.05) is 17.2 Å². The lowest BCUT2D eigenvalue weighted by Crippen LogP contribution is -2.36. The van der Waals surface area contributed by atoms with Crippen LogP contribution in [-0.2, 0) is 0 Å². The molecule has 0 aromatic carbocycles. The molecular formula is C13H18ClN3S. The molecule has 18 heavy (non-hydrogen) atoms. The summed E-state index contributed by atoms with van der Waals surface area (Å²) in [5.74, 6) is 0. The van der Waals surface area contributed by atoms with Crippen LogP contribution in [0.25, 0.3) is 11.0 Å². The molecular weight excluding hydrogens is 266 g/mol. The molecule has 0 atom stereocenters. The molecule has 2 aromatic rings. The molecule has 0 aliphatic carbocycles. The SMILES string of the molecule is CC(=Cc1c(Cl)nc2sccn12)CNC(C)(C)C. The standard InChI is InChI=1S/C13H18ClN3S/c1-9(8-15-13(2,3)4)7-10-11(14)16-12-17(10)5-6-18-12/h5-7,15H,8H2,1-4H3. The van der Waals surface area contributed by atoms with Crippen LogP contribution >= 0.6 is 22.9 Å². The lowest BCUT2D eigenvalue weighted by atomic mass is 10.1. The smallest absolute Gasteiger partial charge is 0.195 e. The minimum atomic E-state index is 0.119. The van der Waals surface area contributed by atoms with Crippen LogP contribution < -0.4 is 5.32 Å². The molecule has 98 valence electrons. The van der Waals surface area contributed by atoms with Crippen LogP contribution in [0.15, 0.2) is 17.2 Å². The van der Waals surface area contributed by atoms with Crippen molar-refractivity contribution < 1.29 is 0 Å². The first kappa shape index (κ1) is 13.6. The van der Waals surface area contributed by atoms with Crippen molar-refractivity contribution in [2.24, 2.45) is 0 Å². The summed E-state index contributed by atoms with van der Waals surface area (Å²) >= 11 is 7.74. The van der Waals surface area contributed by atoms with E-state index in [1.165, 1.54) is 5.57 Å². The highest BCUT2D eigenvalue weighted by atomic mass is 35.5. The van der Waals surface area contributed by atoms with Gasteiger partial charge in [0.2, 0.25) is 0 Å². The Hall–Kier alpha value is -0.840. The van der Waals surface area contributed by atoms with Gasteiger partial charge in [0.1, 0.15) is 0 Å². The second kappa shape index (κ2) is 5.03. The van der Waals surface area contributed by atoms with Gasteiger partial charge in [0.05, 0.1) is 5.69 Å². The molecule has 5 heteroatoms. The second-order valence-electron chi connectivity index (χ2n) is 5.44. The van der Waals surface area contributed by atoms with Crippen molar-refractivity contribution in [2.75, 3.05) is 6.54 Å². The van der Waals surface area contributed by atoms with Crippen LogP contribution in [0.2, 0.25) is 5.15 Å². The Morgan fingerprint density at radius 2 is 2.28 bits per heavy atom. The summed E-state index contributed by atoms with van der Waals surface area (Å²) in [7, 11) is 0. The molecule has 0 radical (unpaired) electrons. The van der Waals surface area contributed by atoms with Crippen LogP contribution in [0.4, 0.5) is 0 Å². The Bertz CT molecular complexity index is 575. The van der Waals surface area contributed by atoms with E-state index in [9.17, 15) is 0 Å². The van der Waals surface area contributed by atoms with E-state index in [1.54, 1.807) is 11.3 Å². The topological polar surface area (TPSA) is 29.3 Å². The number of nitrogens with zero attached hydrogens (tertiary/aromatic N) is 2. The van der Waals surface area contributed by atoms with Gasteiger partial charge in [0.15, 0.2) is 10.1 Å². The average molecular weight is 284 g/mol. The van der Waals surface area contributed by atoms with Crippen molar-refractivity contribution in [1.82, 2.24) is 14.7 Å². The number of halogens is 1. The fourth-order valence-electron chi connectivity index (χ4n) is 1.59. The van der Waals surface area contributed by atoms with Crippen LogP contribution in [0.5, 0.6) is 0 Å². The van der Waals surface area contributed by atoms with Crippen molar-refractivity contribution in [3.63, 3.8) is 0 Å². The second-order valence-corrected chi connectivity index (χ2v) is 6.67. The van der Waals surface area contributed by atoms with Gasteiger partial charge < -0.3 is 5.32 Å². The van der Waals surface area contributed by atoms with E-state index in [4.69, 9.17) is 11.6 Å². The summed E-state index contributed by atoms with van der Waals surface area (Å²) in [5, 5.41) is 6.04. The van der Waals surface area contributed by atoms with Gasteiger partial charge in [-0.25, -0.2) is 4.98 Å². The number of fused-ring (bicyclic) bond motifs is 1. The molecule has 2 aromatic heterocycles. The summed E-state index contributed by atoms with van der Waals surface area (Å²) in [6.07, 6.45) is 4.09. The van der Waals surface area contributed by atoms with Crippen LogP contribution in [0, 0.1) is 0 Å². The molecule has 0 aliphatic rings. The molecule has 0 amide bonds. The zero-order valence-corrected chi connectivity index (χ0v) is 12.7. The monoisotopic (exact) mass is 283 g/mol. The van der Waals surface area contributed by atoms with E-state index in [0.29, 0.717) is 5.15 Å². The highest BCUT2D eigenvalue weighted by Gasteiger charge is 2.11. The number of aromatic nitrogens is 2. The zero-order chi connectivity index (χ0) is 13.3. The van der Waals surface area contributed by atoms with E-state index in [1.807, 2.05) is 16.0 Å². The lowest BCUT2D eigenvalue weighted by Gasteiger charge is -2.20. The summed E-state index contributed by atoms with van der Waals surface area (Å²) in [6.45, 7) is 9.41. The fraction of sp³-hybridized carbons (Fsp3) is 0.462. The maximum absolute atomic E-state index is 6.15. The van der Waals surface area contributed by atoms with E-state index >= 15 is 0 Å². The molecule has 0 saturated heterocycles. The highest BCUT2D eigenvalue weighted by molar-refractivity contribution is 7.15. The third-order valence-corrected chi connectivity index (χ3v) is 3.57. The molecule has 0 bridgehead atoms. The fourth-order valence-corrected chi connectivity index (χ4v) is 2.59. The van der Waals surface area contributed by atoms with Crippen molar-refractivity contribution in [3.8, 4) is 0 Å². The molecule has 1 N–H and O–H groups in total. The lowest BCUT2D eigenvalue weighted by molar-refractivity contribution is 0.445. The zero-order valence-electron chi connectivity index (χ0n) is 11.1. The third-order valence-electron chi connectivity index (χ3n) is 2.53. The first-order chi connectivity index (χ1) is 8.37. The summed E-state index contributed by atoms with van der Waals surface area (Å²) in [4.78, 5) is 5.25. The third kappa shape index (κ3) is 3.13. The summed E-state index contributed by atoms with van der Waals surface area (Å²) in [6, 6.07) is 0. The van der Waals surface area contributed by atoms with Crippen LogP contribution in [0.1, 0.15) is 33.4 Å². The molecule has 2 heterocycles. The number of rotatable bonds is 3. The van der Waals surface area contributed by atoms with Crippen molar-refractivity contribution >= 4 is 34.0 Å². The molecule has 2 rings (SSSR count). The van der Waals surface area contributed by atoms with Crippen molar-refractivity contribution in [1.29, 1.82) is 0 Å². The van der Waals surface area contributed by atoms with E-state index in [0.717, 1.165) is 17.2 Å². The van der Waals surface area contributed by atoms with Gasteiger partial charge >= 0.3 is 0 Å². The Kier molecular flexibility index (Phi) is 3.80. The van der Waals surface area contributed by atoms with E-state index in [-0.39, 0.29) is 5.54 Å². The molecule has 0 spiro atoms. The van der Waals surface area contributed by atoms with Crippen molar-refractivity contribution in [3.05, 3.63) is 28.0 Å². The van der Waals surface area contributed by atoms with E-state index < -0.39 is 0 Å². The van der Waals surface area contributed by atoms with Crippen LogP contribution in [-0.4, -0.2) is 21.5 Å². The Morgan fingerprint density at radius 3 is 2.94 bits per heavy atom. The van der Waals surface area contributed by atoms with Gasteiger partial charge in [-0.2, -0.15) is 0 Å². The molecule has 3 nitrogen and oxygen atoms in total. The Balaban J connectivity index is 2.21. The summed E-state index contributed by atoms with van der Waals surface area (Å²) in [5.41, 5.74) is 2.31. The molecule has 0 unspecified atom stereocenters. The minimum absolute atomic E-state index is 0.119. The number of nitrogens with one attached hydrogen (secondary N) is 1. The first-order valence-electron chi connectivity index (χ1n) is 5.90. The largest absolute Gasteiger partial charge is 0.308 e. The number of hydrogen-bond acceptors (Lipinski definition) is 3. The molecule has 0 aliphatic heterocycles. The quantitative estimate of drug-likeness (QED) is 0.927. The van der Waals surface area contributed by atoms with Crippen molar-refractivity contribution in [2.45, 2.75) is 33.2 Å². The highest BCUT2D eigenvalue weighted by Crippen LogP contribution is 2.23. The van der Waals surface area contributed by atoms with Gasteiger partial charge in [-0.15, -0.1) is 11.3 Å². The first-order valence-corrected chi connectivity index (χ1v) is 7.16. The van der Waals surface area contributed by atoms with Gasteiger partial charge in [-0.05, 0) is 33.8 Å². The number of hydrogen-bond donors (Lipinski definition) is 1. The molecule has 0 saturated carbocycles. The van der Waals surface area contributed by atoms with E-state index in [2.05, 4.69) is 44.1 Å². The maximum Gasteiger partial charge on any atom is 0.195 e. The number of imidazole rings is 1. The van der Waals surface area contributed by atoms with Gasteiger partial charge in [-0.3, -0.25) is 4.40 Å². The maximum atomic E-state index is 6.15. The normalized spacial score (nSPS) is 13.5. The molecule has 0 fully saturated rings. The van der Waals surface area contributed by atoms with Gasteiger partial charge in [0, 0.05) is 23.7 Å². The Labute approximate surface area is 116 Å². The number of thiazole rings is 1. The summed E-state index contributed by atoms with van der Waals surface area (Å²) < 4.78 is 2.02. The average Bonchev–Trinajstić information content (AvgIpc) is 2.79.